The molecule has 1 unspecified atom stereocenters. The van der Waals surface area contributed by atoms with E-state index in [1.807, 2.05) is 13.0 Å². The molecular weight excluding hydrogens is 298 g/mol. The van der Waals surface area contributed by atoms with Crippen molar-refractivity contribution in [3.05, 3.63) is 41.1 Å². The molecule has 1 aromatic carbocycles. The van der Waals surface area contributed by atoms with Crippen LogP contribution in [0.3, 0.4) is 0 Å². The maximum absolute atomic E-state index is 11.0. The number of nitrogens with zero attached hydrogens (tertiary/aromatic N) is 1. The molecule has 120 valence electrons. The molecule has 2 heterocycles. The predicted octanol–water partition coefficient (Wildman–Crippen LogP) is 2.73. The molecule has 1 aliphatic rings. The number of fused-ring (bicyclic) bond motifs is 1. The first-order chi connectivity index (χ1) is 11.2. The van der Waals surface area contributed by atoms with Crippen molar-refractivity contribution in [2.24, 2.45) is 0 Å². The van der Waals surface area contributed by atoms with Crippen LogP contribution in [0.2, 0.25) is 0 Å². The SMILES string of the molecule is COc1ccc(C2COc3cc(C=O)cc(OC)c3O2)c(C)n1. The van der Waals surface area contributed by atoms with Crippen molar-refractivity contribution in [1.29, 1.82) is 0 Å². The summed E-state index contributed by atoms with van der Waals surface area (Å²) in [7, 11) is 3.10. The first-order valence-corrected chi connectivity index (χ1v) is 7.14. The van der Waals surface area contributed by atoms with Crippen LogP contribution in [-0.2, 0) is 0 Å². The third kappa shape index (κ3) is 2.79. The molecule has 3 rings (SSSR count). The predicted molar refractivity (Wildman–Crippen MR) is 82.8 cm³/mol. The van der Waals surface area contributed by atoms with E-state index in [-0.39, 0.29) is 6.10 Å². The Labute approximate surface area is 134 Å². The molecule has 0 fully saturated rings. The summed E-state index contributed by atoms with van der Waals surface area (Å²) in [6, 6.07) is 6.96. The Morgan fingerprint density at radius 1 is 1.26 bits per heavy atom. The standard InChI is InChI=1S/C17H17NO5/c1-10-12(4-5-16(18-10)21-3)15-9-22-14-7-11(8-19)6-13(20-2)17(14)23-15/h4-8,15H,9H2,1-3H3. The van der Waals surface area contributed by atoms with E-state index < -0.39 is 0 Å². The molecule has 0 saturated carbocycles. The summed E-state index contributed by atoms with van der Waals surface area (Å²) in [5.41, 5.74) is 2.20. The smallest absolute Gasteiger partial charge is 0.213 e. The molecule has 2 aromatic rings. The maximum atomic E-state index is 11.0. The molecule has 0 amide bonds. The van der Waals surface area contributed by atoms with Gasteiger partial charge in [0.05, 0.1) is 14.2 Å². The number of methoxy groups -OCH3 is 2. The lowest BCUT2D eigenvalue weighted by atomic mass is 10.1. The molecule has 1 aliphatic heterocycles. The topological polar surface area (TPSA) is 66.9 Å². The maximum Gasteiger partial charge on any atom is 0.213 e. The largest absolute Gasteiger partial charge is 0.493 e. The summed E-state index contributed by atoms with van der Waals surface area (Å²) in [6.45, 7) is 2.22. The monoisotopic (exact) mass is 315 g/mol. The number of carbonyl (C=O) groups excluding carboxylic acids is 1. The first kappa shape index (κ1) is 15.1. The van der Waals surface area contributed by atoms with Crippen molar-refractivity contribution in [2.75, 3.05) is 20.8 Å². The second-order valence-corrected chi connectivity index (χ2v) is 5.11. The zero-order valence-corrected chi connectivity index (χ0v) is 13.2. The molecular formula is C17H17NO5. The first-order valence-electron chi connectivity index (χ1n) is 7.14. The van der Waals surface area contributed by atoms with E-state index in [0.29, 0.717) is 35.3 Å². The van der Waals surface area contributed by atoms with E-state index >= 15 is 0 Å². The summed E-state index contributed by atoms with van der Waals surface area (Å²) >= 11 is 0. The van der Waals surface area contributed by atoms with Crippen molar-refractivity contribution >= 4 is 6.29 Å². The van der Waals surface area contributed by atoms with E-state index in [2.05, 4.69) is 4.98 Å². The number of carbonyl (C=O) groups is 1. The zero-order chi connectivity index (χ0) is 16.4. The average molecular weight is 315 g/mol. The normalized spacial score (nSPS) is 15.9. The number of aldehydes is 1. The van der Waals surface area contributed by atoms with Crippen LogP contribution in [-0.4, -0.2) is 32.1 Å². The number of benzene rings is 1. The van der Waals surface area contributed by atoms with E-state index in [9.17, 15) is 4.79 Å². The third-order valence-electron chi connectivity index (χ3n) is 3.71. The average Bonchev–Trinajstić information content (AvgIpc) is 2.60. The van der Waals surface area contributed by atoms with Crippen LogP contribution in [0.25, 0.3) is 0 Å². The Kier molecular flexibility index (Phi) is 4.06. The number of hydrogen-bond acceptors (Lipinski definition) is 6. The highest BCUT2D eigenvalue weighted by molar-refractivity contribution is 5.78. The molecule has 0 saturated heterocycles. The van der Waals surface area contributed by atoms with Gasteiger partial charge in [0.15, 0.2) is 17.6 Å². The van der Waals surface area contributed by atoms with Gasteiger partial charge >= 0.3 is 0 Å². The summed E-state index contributed by atoms with van der Waals surface area (Å²) < 4.78 is 22.2. The minimum atomic E-state index is -0.308. The lowest BCUT2D eigenvalue weighted by molar-refractivity contribution is 0.0860. The van der Waals surface area contributed by atoms with Gasteiger partial charge in [0, 0.05) is 22.9 Å². The van der Waals surface area contributed by atoms with Crippen LogP contribution in [0.1, 0.15) is 27.7 Å². The molecule has 23 heavy (non-hydrogen) atoms. The molecule has 1 atom stereocenters. The van der Waals surface area contributed by atoms with Crippen molar-refractivity contribution in [1.82, 2.24) is 4.98 Å². The highest BCUT2D eigenvalue weighted by Crippen LogP contribution is 2.44. The van der Waals surface area contributed by atoms with Crippen molar-refractivity contribution in [3.63, 3.8) is 0 Å². The Balaban J connectivity index is 1.95. The van der Waals surface area contributed by atoms with E-state index in [4.69, 9.17) is 18.9 Å². The number of aromatic nitrogens is 1. The van der Waals surface area contributed by atoms with Gasteiger partial charge in [0.1, 0.15) is 12.9 Å². The quantitative estimate of drug-likeness (QED) is 0.808. The summed E-state index contributed by atoms with van der Waals surface area (Å²) in [6.07, 6.45) is 0.437. The molecule has 0 aliphatic carbocycles. The molecule has 0 radical (unpaired) electrons. The second kappa shape index (κ2) is 6.16. The molecule has 6 heteroatoms. The van der Waals surface area contributed by atoms with Crippen molar-refractivity contribution < 1.29 is 23.7 Å². The van der Waals surface area contributed by atoms with Gasteiger partial charge in [-0.05, 0) is 25.1 Å². The van der Waals surface area contributed by atoms with Crippen LogP contribution in [0, 0.1) is 6.92 Å². The Bertz CT molecular complexity index is 727. The lowest BCUT2D eigenvalue weighted by Gasteiger charge is -2.28. The van der Waals surface area contributed by atoms with Gasteiger partial charge in [-0.2, -0.15) is 0 Å². The fourth-order valence-corrected chi connectivity index (χ4v) is 2.54. The number of pyridine rings is 1. The fraction of sp³-hybridized carbons (Fsp3) is 0.294. The Hall–Kier alpha value is -2.76. The van der Waals surface area contributed by atoms with E-state index in [0.717, 1.165) is 17.5 Å². The fourth-order valence-electron chi connectivity index (χ4n) is 2.54. The van der Waals surface area contributed by atoms with Gasteiger partial charge in [-0.25, -0.2) is 4.98 Å². The highest BCUT2D eigenvalue weighted by Gasteiger charge is 2.28. The summed E-state index contributed by atoms with van der Waals surface area (Å²) in [5, 5.41) is 0. The highest BCUT2D eigenvalue weighted by atomic mass is 16.6. The Morgan fingerprint density at radius 2 is 2.09 bits per heavy atom. The molecule has 0 spiro atoms. The molecule has 1 aromatic heterocycles. The van der Waals surface area contributed by atoms with Gasteiger partial charge in [-0.3, -0.25) is 4.79 Å². The minimum Gasteiger partial charge on any atom is -0.493 e. The van der Waals surface area contributed by atoms with Crippen LogP contribution in [0.15, 0.2) is 24.3 Å². The van der Waals surface area contributed by atoms with Crippen LogP contribution in [0.4, 0.5) is 0 Å². The number of ether oxygens (including phenoxy) is 4. The van der Waals surface area contributed by atoms with Crippen molar-refractivity contribution in [3.8, 4) is 23.1 Å². The van der Waals surface area contributed by atoms with Crippen LogP contribution >= 0.6 is 0 Å². The second-order valence-electron chi connectivity index (χ2n) is 5.11. The lowest BCUT2D eigenvalue weighted by Crippen LogP contribution is -2.23. The van der Waals surface area contributed by atoms with Crippen LogP contribution in [0.5, 0.6) is 23.1 Å². The van der Waals surface area contributed by atoms with Gasteiger partial charge < -0.3 is 18.9 Å². The zero-order valence-electron chi connectivity index (χ0n) is 13.2. The number of aryl methyl sites for hydroxylation is 1. The van der Waals surface area contributed by atoms with Gasteiger partial charge in [0.2, 0.25) is 11.6 Å². The third-order valence-corrected chi connectivity index (χ3v) is 3.71. The van der Waals surface area contributed by atoms with Crippen molar-refractivity contribution in [2.45, 2.75) is 13.0 Å². The van der Waals surface area contributed by atoms with Crippen LogP contribution < -0.4 is 18.9 Å². The minimum absolute atomic E-state index is 0.308. The number of rotatable bonds is 4. The molecule has 6 nitrogen and oxygen atoms in total. The summed E-state index contributed by atoms with van der Waals surface area (Å²) in [5.74, 6) is 2.01. The molecule has 0 bridgehead atoms. The van der Waals surface area contributed by atoms with E-state index in [1.165, 1.54) is 7.11 Å². The number of hydrogen-bond donors (Lipinski definition) is 0. The van der Waals surface area contributed by atoms with Gasteiger partial charge in [-0.15, -0.1) is 0 Å². The van der Waals surface area contributed by atoms with E-state index in [1.54, 1.807) is 25.3 Å². The van der Waals surface area contributed by atoms with Gasteiger partial charge in [-0.1, -0.05) is 0 Å². The molecule has 0 N–H and O–H groups in total. The summed E-state index contributed by atoms with van der Waals surface area (Å²) in [4.78, 5) is 15.3. The van der Waals surface area contributed by atoms with Gasteiger partial charge in [0.25, 0.3) is 0 Å². The Morgan fingerprint density at radius 3 is 2.74 bits per heavy atom.